The number of nitrogens with zero attached hydrogens (tertiary/aromatic N) is 2. The quantitative estimate of drug-likeness (QED) is 0.235. The summed E-state index contributed by atoms with van der Waals surface area (Å²) in [6.45, 7) is 6.72. The Labute approximate surface area is 257 Å². The van der Waals surface area contributed by atoms with Gasteiger partial charge in [-0.15, -0.1) is 0 Å². The number of amides is 2. The molecule has 7 nitrogen and oxygen atoms in total. The lowest BCUT2D eigenvalue weighted by atomic mass is 10.1. The summed E-state index contributed by atoms with van der Waals surface area (Å²) in [5.41, 5.74) is 1.45. The van der Waals surface area contributed by atoms with E-state index in [0.717, 1.165) is 4.31 Å². The molecular weight excluding hydrogens is 605 g/mol. The molecule has 0 bridgehead atoms. The minimum absolute atomic E-state index is 0.0276. The van der Waals surface area contributed by atoms with E-state index < -0.39 is 28.5 Å². The number of anilines is 1. The maximum absolute atomic E-state index is 14.2. The molecule has 11 heteroatoms. The van der Waals surface area contributed by atoms with Gasteiger partial charge in [-0.3, -0.25) is 13.9 Å². The Morgan fingerprint density at radius 1 is 0.878 bits per heavy atom. The van der Waals surface area contributed by atoms with Crippen molar-refractivity contribution < 1.29 is 18.0 Å². The van der Waals surface area contributed by atoms with Gasteiger partial charge in [0.25, 0.3) is 10.0 Å². The van der Waals surface area contributed by atoms with Crippen molar-refractivity contribution in [2.24, 2.45) is 0 Å². The Hall–Kier alpha value is -2.78. The highest BCUT2D eigenvalue weighted by Crippen LogP contribution is 2.30. The lowest BCUT2D eigenvalue weighted by molar-refractivity contribution is -0.140. The number of aryl methyl sites for hydroxylation is 1. The Kier molecular flexibility index (Phi) is 11.5. The fourth-order valence-electron chi connectivity index (χ4n) is 4.30. The molecule has 220 valence electrons. The molecule has 0 heterocycles. The number of sulfonamides is 1. The topological polar surface area (TPSA) is 86.8 Å². The number of rotatable bonds is 12. The van der Waals surface area contributed by atoms with Crippen molar-refractivity contribution in [1.82, 2.24) is 10.2 Å². The molecule has 0 aromatic heterocycles. The van der Waals surface area contributed by atoms with Gasteiger partial charge < -0.3 is 10.2 Å². The third-order valence-electron chi connectivity index (χ3n) is 6.84. The van der Waals surface area contributed by atoms with Gasteiger partial charge in [-0.25, -0.2) is 8.42 Å². The number of para-hydroxylation sites is 1. The Morgan fingerprint density at radius 2 is 1.49 bits per heavy atom. The van der Waals surface area contributed by atoms with Crippen molar-refractivity contribution in [3.8, 4) is 0 Å². The van der Waals surface area contributed by atoms with Crippen LogP contribution in [0.2, 0.25) is 15.1 Å². The van der Waals surface area contributed by atoms with E-state index in [-0.39, 0.29) is 29.8 Å². The van der Waals surface area contributed by atoms with Crippen LogP contribution in [0.3, 0.4) is 0 Å². The first-order valence-corrected chi connectivity index (χ1v) is 15.8. The standard InChI is InChI=1S/C30H34Cl3N3O4S/c1-5-21(4)34-30(38)27(6-2)35(18-24-25(32)11-9-12-26(24)33)29(37)19-36(28-13-8-7-10-20(28)3)41(39,40)23-16-14-22(31)15-17-23/h7-17,21,27H,5-6,18-19H2,1-4H3,(H,34,38). The molecule has 0 saturated heterocycles. The summed E-state index contributed by atoms with van der Waals surface area (Å²) in [6.07, 6.45) is 0.983. The minimum atomic E-state index is -4.21. The van der Waals surface area contributed by atoms with E-state index in [4.69, 9.17) is 34.8 Å². The van der Waals surface area contributed by atoms with Gasteiger partial charge >= 0.3 is 0 Å². The highest BCUT2D eigenvalue weighted by Gasteiger charge is 2.35. The number of halogens is 3. The molecule has 0 aliphatic carbocycles. The molecule has 0 spiro atoms. The van der Waals surface area contributed by atoms with Crippen molar-refractivity contribution in [1.29, 1.82) is 0 Å². The number of carbonyl (C=O) groups excluding carboxylic acids is 2. The molecule has 2 unspecified atom stereocenters. The van der Waals surface area contributed by atoms with Gasteiger partial charge in [-0.2, -0.15) is 0 Å². The number of carbonyl (C=O) groups is 2. The lowest BCUT2D eigenvalue weighted by Gasteiger charge is -2.34. The van der Waals surface area contributed by atoms with Gasteiger partial charge in [0.2, 0.25) is 11.8 Å². The van der Waals surface area contributed by atoms with Crippen molar-refractivity contribution in [2.45, 2.75) is 64.1 Å². The monoisotopic (exact) mass is 637 g/mol. The third-order valence-corrected chi connectivity index (χ3v) is 9.58. The molecule has 0 saturated carbocycles. The zero-order chi connectivity index (χ0) is 30.3. The second-order valence-electron chi connectivity index (χ2n) is 9.72. The van der Waals surface area contributed by atoms with E-state index in [9.17, 15) is 18.0 Å². The van der Waals surface area contributed by atoms with Crippen LogP contribution in [0.5, 0.6) is 0 Å². The Morgan fingerprint density at radius 3 is 2.05 bits per heavy atom. The molecule has 0 aliphatic rings. The summed E-state index contributed by atoms with van der Waals surface area (Å²) >= 11 is 18.9. The summed E-state index contributed by atoms with van der Waals surface area (Å²) in [7, 11) is -4.21. The summed E-state index contributed by atoms with van der Waals surface area (Å²) < 4.78 is 29.0. The van der Waals surface area contributed by atoms with Crippen LogP contribution in [-0.4, -0.2) is 43.8 Å². The zero-order valence-electron chi connectivity index (χ0n) is 23.4. The average molecular weight is 639 g/mol. The third kappa shape index (κ3) is 7.95. The molecule has 41 heavy (non-hydrogen) atoms. The first-order chi connectivity index (χ1) is 19.4. The molecule has 0 aliphatic heterocycles. The molecular formula is C30H34Cl3N3O4S. The van der Waals surface area contributed by atoms with Gasteiger partial charge in [-0.05, 0) is 74.7 Å². The van der Waals surface area contributed by atoms with E-state index in [1.807, 2.05) is 13.8 Å². The largest absolute Gasteiger partial charge is 0.352 e. The maximum atomic E-state index is 14.2. The predicted octanol–water partition coefficient (Wildman–Crippen LogP) is 6.87. The van der Waals surface area contributed by atoms with Crippen LogP contribution in [0.25, 0.3) is 0 Å². The van der Waals surface area contributed by atoms with Crippen LogP contribution < -0.4 is 9.62 Å². The maximum Gasteiger partial charge on any atom is 0.264 e. The summed E-state index contributed by atoms with van der Waals surface area (Å²) in [5.74, 6) is -0.936. The molecule has 0 radical (unpaired) electrons. The fraction of sp³-hybridized carbons (Fsp3) is 0.333. The average Bonchev–Trinajstić information content (AvgIpc) is 2.93. The first kappa shape index (κ1) is 32.7. The summed E-state index contributed by atoms with van der Waals surface area (Å²) in [6, 6.07) is 16.6. The molecule has 1 N–H and O–H groups in total. The van der Waals surface area contributed by atoms with Gasteiger partial charge in [0.1, 0.15) is 12.6 Å². The van der Waals surface area contributed by atoms with Crippen molar-refractivity contribution in [3.63, 3.8) is 0 Å². The van der Waals surface area contributed by atoms with Gasteiger partial charge in [0.05, 0.1) is 10.6 Å². The number of nitrogens with one attached hydrogen (secondary N) is 1. The SMILES string of the molecule is CCC(C)NC(=O)C(CC)N(Cc1c(Cl)cccc1Cl)C(=O)CN(c1ccccc1C)S(=O)(=O)c1ccc(Cl)cc1. The molecule has 2 atom stereocenters. The highest BCUT2D eigenvalue weighted by molar-refractivity contribution is 7.92. The van der Waals surface area contributed by atoms with Crippen LogP contribution in [0.1, 0.15) is 44.7 Å². The Bertz CT molecular complexity index is 1460. The second kappa shape index (κ2) is 14.4. The predicted molar refractivity (Wildman–Crippen MR) is 166 cm³/mol. The van der Waals surface area contributed by atoms with Crippen molar-refractivity contribution in [3.05, 3.63) is 92.9 Å². The molecule has 0 fully saturated rings. The molecule has 3 rings (SSSR count). The van der Waals surface area contributed by atoms with Crippen molar-refractivity contribution in [2.75, 3.05) is 10.8 Å². The smallest absolute Gasteiger partial charge is 0.264 e. The van der Waals surface area contributed by atoms with E-state index in [0.29, 0.717) is 38.3 Å². The van der Waals surface area contributed by atoms with Crippen LogP contribution in [-0.2, 0) is 26.2 Å². The number of hydrogen-bond donors (Lipinski definition) is 1. The number of hydrogen-bond acceptors (Lipinski definition) is 4. The zero-order valence-corrected chi connectivity index (χ0v) is 26.5. The van der Waals surface area contributed by atoms with Crippen LogP contribution in [0, 0.1) is 6.92 Å². The molecule has 3 aromatic rings. The van der Waals surface area contributed by atoms with Crippen molar-refractivity contribution >= 4 is 62.3 Å². The number of benzene rings is 3. The minimum Gasteiger partial charge on any atom is -0.352 e. The van der Waals surface area contributed by atoms with Crippen LogP contribution >= 0.6 is 34.8 Å². The highest BCUT2D eigenvalue weighted by atomic mass is 35.5. The molecule has 3 aromatic carbocycles. The van der Waals surface area contributed by atoms with Gasteiger partial charge in [-0.1, -0.05) is 72.9 Å². The second-order valence-corrected chi connectivity index (χ2v) is 12.8. The van der Waals surface area contributed by atoms with E-state index in [1.54, 1.807) is 56.3 Å². The summed E-state index contributed by atoms with van der Waals surface area (Å²) in [5, 5.41) is 3.98. The normalized spacial score (nSPS) is 12.9. The van der Waals surface area contributed by atoms with Crippen LogP contribution in [0.4, 0.5) is 5.69 Å². The van der Waals surface area contributed by atoms with Crippen LogP contribution in [0.15, 0.2) is 71.6 Å². The molecule has 2 amide bonds. The fourth-order valence-corrected chi connectivity index (χ4v) is 6.43. The first-order valence-electron chi connectivity index (χ1n) is 13.3. The van der Waals surface area contributed by atoms with E-state index in [1.165, 1.54) is 29.2 Å². The lowest BCUT2D eigenvalue weighted by Crippen LogP contribution is -2.53. The van der Waals surface area contributed by atoms with E-state index in [2.05, 4.69) is 5.32 Å². The summed E-state index contributed by atoms with van der Waals surface area (Å²) in [4.78, 5) is 28.9. The van der Waals surface area contributed by atoms with E-state index >= 15 is 0 Å². The van der Waals surface area contributed by atoms with Gasteiger partial charge in [0, 0.05) is 33.2 Å². The van der Waals surface area contributed by atoms with Gasteiger partial charge in [0.15, 0.2) is 0 Å². The Balaban J connectivity index is 2.11.